The van der Waals surface area contributed by atoms with Crippen molar-refractivity contribution in [3.8, 4) is 17.2 Å². The molecule has 0 saturated heterocycles. The summed E-state index contributed by atoms with van der Waals surface area (Å²) in [7, 11) is -5.39. The fourth-order valence-electron chi connectivity index (χ4n) is 2.93. The van der Waals surface area contributed by atoms with Crippen LogP contribution in [-0.2, 0) is 4.57 Å². The highest BCUT2D eigenvalue weighted by atomic mass is 31.2. The first-order valence-electron chi connectivity index (χ1n) is 11.2. The molecular formula is C27H36O7P-3. The normalized spacial score (nSPS) is 10.5. The number of aromatic hydroxyl groups is 3. The van der Waals surface area contributed by atoms with Crippen molar-refractivity contribution in [2.75, 3.05) is 0 Å². The highest BCUT2D eigenvalue weighted by Gasteiger charge is 2.03. The molecule has 0 aliphatic rings. The average molecular weight is 504 g/mol. The topological polar surface area (TPSA) is 147 Å². The Balaban J connectivity index is 0.000000453. The summed E-state index contributed by atoms with van der Waals surface area (Å²) in [5.74, 6) is 2.41. The van der Waals surface area contributed by atoms with Crippen LogP contribution in [-0.4, -0.2) is 15.3 Å². The monoisotopic (exact) mass is 503 g/mol. The Morgan fingerprint density at radius 2 is 0.686 bits per heavy atom. The molecule has 0 radical (unpaired) electrons. The molecule has 0 saturated carbocycles. The van der Waals surface area contributed by atoms with Crippen LogP contribution in [0.3, 0.4) is 0 Å². The average Bonchev–Trinajstić information content (AvgIpc) is 2.74. The third-order valence-electron chi connectivity index (χ3n) is 4.68. The molecule has 0 atom stereocenters. The van der Waals surface area contributed by atoms with Gasteiger partial charge in [0.05, 0.1) is 0 Å². The molecule has 0 fully saturated rings. The Bertz CT molecular complexity index is 917. The van der Waals surface area contributed by atoms with Crippen LogP contribution in [0.5, 0.6) is 17.2 Å². The van der Waals surface area contributed by atoms with Crippen LogP contribution in [0.4, 0.5) is 0 Å². The lowest BCUT2D eigenvalue weighted by atomic mass is 10.0. The molecule has 7 nitrogen and oxygen atoms in total. The van der Waals surface area contributed by atoms with E-state index in [1.165, 1.54) is 0 Å². The fourth-order valence-corrected chi connectivity index (χ4v) is 2.93. The van der Waals surface area contributed by atoms with E-state index in [1.54, 1.807) is 18.2 Å². The highest BCUT2D eigenvalue weighted by molar-refractivity contribution is 7.40. The van der Waals surface area contributed by atoms with Crippen LogP contribution in [0.1, 0.15) is 76.0 Å². The lowest BCUT2D eigenvalue weighted by Crippen LogP contribution is -2.24. The summed E-state index contributed by atoms with van der Waals surface area (Å²) in [5.41, 5.74) is 3.05. The van der Waals surface area contributed by atoms with Gasteiger partial charge in [0.15, 0.2) is 0 Å². The largest absolute Gasteiger partial charge is 0.822 e. The Hall–Kier alpha value is -2.83. The smallest absolute Gasteiger partial charge is 0.119 e. The van der Waals surface area contributed by atoms with Crippen LogP contribution in [0, 0.1) is 0 Å². The number of rotatable bonds is 3. The summed E-state index contributed by atoms with van der Waals surface area (Å²) in [5, 5.41) is 27.8. The number of hydrogen-bond acceptors (Lipinski definition) is 7. The SMILES string of the molecule is CC(C)c1ccccc1O.CC(C)c1ccccc1O.CC(C)c1ccccc1O.O=P([O-])([O-])[O-]. The molecule has 8 heteroatoms. The maximum atomic E-state index is 9.28. The Morgan fingerprint density at radius 1 is 0.514 bits per heavy atom. The molecule has 3 N–H and O–H groups in total. The van der Waals surface area contributed by atoms with Gasteiger partial charge in [-0.15, -0.1) is 0 Å². The Morgan fingerprint density at radius 3 is 0.800 bits per heavy atom. The second kappa shape index (κ2) is 16.0. The van der Waals surface area contributed by atoms with E-state index in [-0.39, 0.29) is 0 Å². The second-order valence-corrected chi connectivity index (χ2v) is 9.48. The third kappa shape index (κ3) is 14.9. The third-order valence-corrected chi connectivity index (χ3v) is 4.68. The predicted octanol–water partition coefficient (Wildman–Crippen LogP) is 4.72. The number of phenolic OH excluding ortho intramolecular Hbond substituents is 3. The van der Waals surface area contributed by atoms with Crippen molar-refractivity contribution in [1.29, 1.82) is 0 Å². The van der Waals surface area contributed by atoms with Gasteiger partial charge in [0.1, 0.15) is 17.2 Å². The maximum Gasteiger partial charge on any atom is 0.119 e. The molecule has 0 unspecified atom stereocenters. The first-order valence-corrected chi connectivity index (χ1v) is 12.7. The predicted molar refractivity (Wildman–Crippen MR) is 134 cm³/mol. The molecule has 194 valence electrons. The van der Waals surface area contributed by atoms with Gasteiger partial charge in [-0.1, -0.05) is 96.1 Å². The Kier molecular flexibility index (Phi) is 14.7. The first kappa shape index (κ1) is 32.2. The van der Waals surface area contributed by atoms with Crippen molar-refractivity contribution in [3.63, 3.8) is 0 Å². The molecule has 0 spiro atoms. The van der Waals surface area contributed by atoms with Gasteiger partial charge in [-0.2, -0.15) is 7.82 Å². The van der Waals surface area contributed by atoms with Crippen molar-refractivity contribution in [1.82, 2.24) is 0 Å². The number of hydrogen-bond donors (Lipinski definition) is 3. The van der Waals surface area contributed by atoms with E-state index in [4.69, 9.17) is 19.2 Å². The van der Waals surface area contributed by atoms with Gasteiger partial charge >= 0.3 is 0 Å². The quantitative estimate of drug-likeness (QED) is 0.438. The van der Waals surface area contributed by atoms with Crippen LogP contribution in [0.2, 0.25) is 0 Å². The summed E-state index contributed by atoms with van der Waals surface area (Å²) >= 11 is 0. The summed E-state index contributed by atoms with van der Waals surface area (Å²) in [6, 6.07) is 22.3. The van der Waals surface area contributed by atoms with Crippen molar-refractivity contribution in [2.24, 2.45) is 0 Å². The zero-order valence-corrected chi connectivity index (χ0v) is 22.0. The van der Waals surface area contributed by atoms with Crippen molar-refractivity contribution < 1.29 is 34.6 Å². The van der Waals surface area contributed by atoms with Crippen molar-refractivity contribution in [3.05, 3.63) is 89.5 Å². The van der Waals surface area contributed by atoms with Crippen LogP contribution in [0.25, 0.3) is 0 Å². The number of para-hydroxylation sites is 3. The van der Waals surface area contributed by atoms with Gasteiger partial charge in [-0.05, 0) is 52.6 Å². The van der Waals surface area contributed by atoms with Gasteiger partial charge in [0.25, 0.3) is 0 Å². The molecule has 0 aromatic heterocycles. The standard InChI is InChI=1S/3C9H12O.H3O4P/c3*1-7(2)8-5-3-4-6-9(8)10;1-5(2,3)4/h3*3-7,10H,1-2H3;(H3,1,2,3,4)/p-3. The van der Waals surface area contributed by atoms with Gasteiger partial charge in [0.2, 0.25) is 0 Å². The van der Waals surface area contributed by atoms with E-state index < -0.39 is 7.82 Å². The summed E-state index contributed by atoms with van der Waals surface area (Å²) < 4.78 is 8.55. The summed E-state index contributed by atoms with van der Waals surface area (Å²) in [6.45, 7) is 12.4. The lowest BCUT2D eigenvalue weighted by molar-refractivity contribution is -0.432. The van der Waals surface area contributed by atoms with E-state index in [1.807, 2.05) is 54.6 Å². The van der Waals surface area contributed by atoms with Crippen LogP contribution >= 0.6 is 7.82 Å². The zero-order chi connectivity index (χ0) is 27.2. The minimum atomic E-state index is -5.39. The fraction of sp³-hybridized carbons (Fsp3) is 0.333. The number of benzene rings is 3. The van der Waals surface area contributed by atoms with Gasteiger partial charge in [-0.25, -0.2) is 0 Å². The van der Waals surface area contributed by atoms with E-state index >= 15 is 0 Å². The first-order chi connectivity index (χ1) is 16.1. The molecule has 0 heterocycles. The van der Waals surface area contributed by atoms with Crippen LogP contribution in [0.15, 0.2) is 72.8 Å². The molecule has 0 aliphatic carbocycles. The van der Waals surface area contributed by atoms with Gasteiger partial charge < -0.3 is 34.6 Å². The summed E-state index contributed by atoms with van der Waals surface area (Å²) in [6.07, 6.45) is 0. The molecule has 0 aliphatic heterocycles. The minimum absolute atomic E-state index is 0.400. The zero-order valence-electron chi connectivity index (χ0n) is 21.1. The molecule has 3 aromatic carbocycles. The maximum absolute atomic E-state index is 9.28. The highest BCUT2D eigenvalue weighted by Crippen LogP contribution is 2.25. The summed E-state index contributed by atoms with van der Waals surface area (Å²) in [4.78, 5) is 25.6. The van der Waals surface area contributed by atoms with E-state index in [9.17, 15) is 15.3 Å². The minimum Gasteiger partial charge on any atom is -0.822 e. The van der Waals surface area contributed by atoms with Crippen LogP contribution < -0.4 is 14.7 Å². The molecule has 0 amide bonds. The van der Waals surface area contributed by atoms with E-state index in [0.717, 1.165) is 16.7 Å². The van der Waals surface area contributed by atoms with Crippen molar-refractivity contribution >= 4 is 7.82 Å². The number of phosphoric acid groups is 1. The molecule has 35 heavy (non-hydrogen) atoms. The molecule has 3 rings (SSSR count). The van der Waals surface area contributed by atoms with E-state index in [2.05, 4.69) is 41.5 Å². The molecule has 0 bridgehead atoms. The molecular weight excluding hydrogens is 467 g/mol. The number of phenols is 3. The van der Waals surface area contributed by atoms with Gasteiger partial charge in [-0.3, -0.25) is 0 Å². The van der Waals surface area contributed by atoms with Gasteiger partial charge in [0, 0.05) is 0 Å². The van der Waals surface area contributed by atoms with E-state index in [0.29, 0.717) is 35.0 Å². The lowest BCUT2D eigenvalue weighted by Gasteiger charge is -2.36. The second-order valence-electron chi connectivity index (χ2n) is 8.59. The van der Waals surface area contributed by atoms with Crippen molar-refractivity contribution in [2.45, 2.75) is 59.3 Å². The molecule has 3 aromatic rings. The Labute approximate surface area is 208 Å².